The molecule has 28 heavy (non-hydrogen) atoms. The van der Waals surface area contributed by atoms with Crippen molar-refractivity contribution in [1.29, 1.82) is 0 Å². The highest BCUT2D eigenvalue weighted by Gasteiger charge is 2.36. The second-order valence-electron chi connectivity index (χ2n) is 7.38. The number of rotatable bonds is 5. The third-order valence-electron chi connectivity index (χ3n) is 5.15. The molecule has 0 aliphatic carbocycles. The van der Waals surface area contributed by atoms with E-state index in [0.717, 1.165) is 34.3 Å². The second kappa shape index (κ2) is 8.82. The number of aromatic amines is 1. The molecule has 0 saturated carbocycles. The molecule has 2 aromatic rings. The van der Waals surface area contributed by atoms with E-state index < -0.39 is 12.1 Å². The molecule has 1 aromatic heterocycles. The van der Waals surface area contributed by atoms with Gasteiger partial charge in [0, 0.05) is 22.4 Å². The third-order valence-corrected chi connectivity index (χ3v) is 5.68. The van der Waals surface area contributed by atoms with E-state index in [9.17, 15) is 9.59 Å². The van der Waals surface area contributed by atoms with Crippen LogP contribution in [-0.4, -0.2) is 41.6 Å². The van der Waals surface area contributed by atoms with E-state index in [4.69, 9.17) is 0 Å². The Bertz CT molecular complexity index is 832. The molecule has 2 atom stereocenters. The van der Waals surface area contributed by atoms with Gasteiger partial charge >= 0.3 is 6.09 Å². The lowest BCUT2D eigenvalue weighted by atomic mass is 10.0. The molecule has 2 amide bonds. The van der Waals surface area contributed by atoms with Crippen LogP contribution in [0.3, 0.4) is 0 Å². The van der Waals surface area contributed by atoms with Crippen LogP contribution in [0.4, 0.5) is 4.79 Å². The van der Waals surface area contributed by atoms with Crippen molar-refractivity contribution in [2.24, 2.45) is 5.92 Å². The number of halogens is 1. The minimum Gasteiger partial charge on any atom is -0.453 e. The quantitative estimate of drug-likeness (QED) is 0.708. The predicted molar refractivity (Wildman–Crippen MR) is 112 cm³/mol. The van der Waals surface area contributed by atoms with E-state index in [2.05, 4.69) is 31.0 Å². The van der Waals surface area contributed by atoms with Crippen molar-refractivity contribution in [1.82, 2.24) is 15.2 Å². The van der Waals surface area contributed by atoms with Crippen molar-refractivity contribution in [3.63, 3.8) is 0 Å². The highest BCUT2D eigenvalue weighted by Crippen LogP contribution is 2.34. The van der Waals surface area contributed by atoms with Gasteiger partial charge in [0.15, 0.2) is 0 Å². The molecule has 2 heterocycles. The van der Waals surface area contributed by atoms with E-state index in [1.54, 1.807) is 0 Å². The lowest BCUT2D eigenvalue weighted by Crippen LogP contribution is -2.51. The molecule has 1 saturated heterocycles. The molecular formula is C21H26BrN3O3. The monoisotopic (exact) mass is 447 g/mol. The first-order valence-corrected chi connectivity index (χ1v) is 10.3. The Labute approximate surface area is 173 Å². The van der Waals surface area contributed by atoms with Crippen molar-refractivity contribution in [3.8, 4) is 11.3 Å². The van der Waals surface area contributed by atoms with Crippen LogP contribution >= 0.6 is 15.9 Å². The number of carbonyl (C=O) groups is 2. The van der Waals surface area contributed by atoms with Crippen molar-refractivity contribution in [3.05, 3.63) is 46.6 Å². The van der Waals surface area contributed by atoms with Gasteiger partial charge in [0.05, 0.1) is 13.2 Å². The minimum absolute atomic E-state index is 0.0163. The highest BCUT2D eigenvalue weighted by molar-refractivity contribution is 9.10. The van der Waals surface area contributed by atoms with Gasteiger partial charge in [-0.25, -0.2) is 4.79 Å². The second-order valence-corrected chi connectivity index (χ2v) is 8.30. The van der Waals surface area contributed by atoms with Crippen molar-refractivity contribution >= 4 is 27.9 Å². The summed E-state index contributed by atoms with van der Waals surface area (Å²) in [5.41, 5.74) is 3.14. The highest BCUT2D eigenvalue weighted by atomic mass is 79.9. The lowest BCUT2D eigenvalue weighted by molar-refractivity contribution is -0.135. The molecule has 1 aromatic carbocycles. The summed E-state index contributed by atoms with van der Waals surface area (Å²) in [5.74, 6) is -0.0995. The maximum atomic E-state index is 13.2. The largest absolute Gasteiger partial charge is 0.453 e. The zero-order valence-electron chi connectivity index (χ0n) is 16.4. The molecule has 0 bridgehead atoms. The molecule has 2 N–H and O–H groups in total. The molecule has 1 aliphatic rings. The first-order chi connectivity index (χ1) is 13.4. The summed E-state index contributed by atoms with van der Waals surface area (Å²) < 4.78 is 5.72. The topological polar surface area (TPSA) is 74.4 Å². The van der Waals surface area contributed by atoms with E-state index in [1.807, 2.05) is 55.1 Å². The van der Waals surface area contributed by atoms with Crippen molar-refractivity contribution in [2.75, 3.05) is 13.7 Å². The maximum absolute atomic E-state index is 13.2. The first kappa shape index (κ1) is 20.5. The van der Waals surface area contributed by atoms with Crippen LogP contribution < -0.4 is 5.32 Å². The van der Waals surface area contributed by atoms with Crippen LogP contribution in [0.1, 0.15) is 38.4 Å². The predicted octanol–water partition coefficient (Wildman–Crippen LogP) is 4.49. The number of H-pyrrole nitrogens is 1. The van der Waals surface area contributed by atoms with E-state index in [1.165, 1.54) is 7.11 Å². The number of methoxy groups -OCH3 is 1. The number of ether oxygens (including phenoxy) is 1. The van der Waals surface area contributed by atoms with E-state index in [-0.39, 0.29) is 17.9 Å². The SMILES string of the molecule is COC(=O)N[C@H](C(=O)N1CCC[C@H]1c1ccc(-c2ccc(Br)cc2)[nH]1)C(C)C. The van der Waals surface area contributed by atoms with Crippen LogP contribution in [0.15, 0.2) is 40.9 Å². The number of hydrogen-bond donors (Lipinski definition) is 2. The molecule has 0 spiro atoms. The Morgan fingerprint density at radius 2 is 1.93 bits per heavy atom. The van der Waals surface area contributed by atoms with Gasteiger partial charge in [-0.2, -0.15) is 0 Å². The van der Waals surface area contributed by atoms with Crippen molar-refractivity contribution < 1.29 is 14.3 Å². The molecule has 1 fully saturated rings. The molecule has 0 radical (unpaired) electrons. The standard InChI is InChI=1S/C21H26BrN3O3/c1-13(2)19(24-21(27)28-3)20(26)25-12-4-5-18(25)17-11-10-16(23-17)14-6-8-15(22)9-7-14/h6-11,13,18-19,23H,4-5,12H2,1-3H3,(H,24,27)/t18-,19-/m0/s1. The van der Waals surface area contributed by atoms with Crippen LogP contribution in [0.25, 0.3) is 11.3 Å². The summed E-state index contributed by atoms with van der Waals surface area (Å²) in [6, 6.07) is 11.6. The summed E-state index contributed by atoms with van der Waals surface area (Å²) in [7, 11) is 1.30. The van der Waals surface area contributed by atoms with Crippen LogP contribution in [0.2, 0.25) is 0 Å². The summed E-state index contributed by atoms with van der Waals surface area (Å²) in [6.07, 6.45) is 1.25. The molecule has 3 rings (SSSR count). The molecular weight excluding hydrogens is 422 g/mol. The van der Waals surface area contributed by atoms with Crippen LogP contribution in [-0.2, 0) is 9.53 Å². The zero-order valence-corrected chi connectivity index (χ0v) is 18.0. The minimum atomic E-state index is -0.603. The fraction of sp³-hybridized carbons (Fsp3) is 0.429. The number of nitrogens with one attached hydrogen (secondary N) is 2. The number of nitrogens with zero attached hydrogens (tertiary/aromatic N) is 1. The van der Waals surface area contributed by atoms with Gasteiger partial charge in [0.25, 0.3) is 0 Å². The number of alkyl carbamates (subject to hydrolysis) is 1. The van der Waals surface area contributed by atoms with Gasteiger partial charge in [-0.15, -0.1) is 0 Å². The number of hydrogen-bond acceptors (Lipinski definition) is 3. The number of benzene rings is 1. The first-order valence-electron chi connectivity index (χ1n) is 9.50. The average molecular weight is 448 g/mol. The third kappa shape index (κ3) is 4.41. The summed E-state index contributed by atoms with van der Waals surface area (Å²) in [5, 5.41) is 2.68. The van der Waals surface area contributed by atoms with E-state index >= 15 is 0 Å². The number of amides is 2. The zero-order chi connectivity index (χ0) is 20.3. The van der Waals surface area contributed by atoms with Crippen molar-refractivity contribution in [2.45, 2.75) is 38.8 Å². The summed E-state index contributed by atoms with van der Waals surface area (Å²) >= 11 is 3.45. The van der Waals surface area contributed by atoms with Gasteiger partial charge in [0.2, 0.25) is 5.91 Å². The Kier molecular flexibility index (Phi) is 6.44. The summed E-state index contributed by atoms with van der Waals surface area (Å²) in [6.45, 7) is 4.52. The van der Waals surface area contributed by atoms with Crippen LogP contribution in [0.5, 0.6) is 0 Å². The van der Waals surface area contributed by atoms with Crippen LogP contribution in [0, 0.1) is 5.92 Å². The Morgan fingerprint density at radius 1 is 1.21 bits per heavy atom. The molecule has 0 unspecified atom stereocenters. The van der Waals surface area contributed by atoms with Gasteiger partial charge in [0.1, 0.15) is 6.04 Å². The average Bonchev–Trinajstić information content (AvgIpc) is 3.34. The Hall–Kier alpha value is -2.28. The molecule has 6 nitrogen and oxygen atoms in total. The summed E-state index contributed by atoms with van der Waals surface area (Å²) in [4.78, 5) is 30.2. The number of aromatic nitrogens is 1. The fourth-order valence-electron chi connectivity index (χ4n) is 3.64. The normalized spacial score (nSPS) is 17.6. The maximum Gasteiger partial charge on any atom is 0.407 e. The lowest BCUT2D eigenvalue weighted by Gasteiger charge is -2.30. The molecule has 150 valence electrons. The van der Waals surface area contributed by atoms with Gasteiger partial charge in [-0.05, 0) is 48.6 Å². The smallest absolute Gasteiger partial charge is 0.407 e. The Morgan fingerprint density at radius 3 is 2.57 bits per heavy atom. The van der Waals surface area contributed by atoms with Gasteiger partial charge < -0.3 is 19.9 Å². The number of likely N-dealkylation sites (tertiary alicyclic amines) is 1. The van der Waals surface area contributed by atoms with Gasteiger partial charge in [-0.3, -0.25) is 4.79 Å². The van der Waals surface area contributed by atoms with Gasteiger partial charge in [-0.1, -0.05) is 41.9 Å². The molecule has 1 aliphatic heterocycles. The molecule has 7 heteroatoms. The Balaban J connectivity index is 1.79. The number of carbonyl (C=O) groups excluding carboxylic acids is 2. The fourth-order valence-corrected chi connectivity index (χ4v) is 3.90. The van der Waals surface area contributed by atoms with E-state index in [0.29, 0.717) is 6.54 Å².